The van der Waals surface area contributed by atoms with Crippen molar-refractivity contribution in [3.05, 3.63) is 59.7 Å². The number of hydrogen-bond donors (Lipinski definition) is 2. The minimum Gasteiger partial charge on any atom is -0.481 e. The third kappa shape index (κ3) is 4.07. The molecule has 1 aliphatic heterocycles. The molecule has 7 heteroatoms. The van der Waals surface area contributed by atoms with E-state index < -0.39 is 23.4 Å². The molecule has 5 rings (SSSR count). The van der Waals surface area contributed by atoms with Gasteiger partial charge >= 0.3 is 12.1 Å². The van der Waals surface area contributed by atoms with Gasteiger partial charge in [-0.3, -0.25) is 9.59 Å². The number of carboxylic acid groups (broad SMARTS) is 1. The van der Waals surface area contributed by atoms with E-state index in [-0.39, 0.29) is 37.4 Å². The molecule has 0 spiro atoms. The Hall–Kier alpha value is -3.35. The summed E-state index contributed by atoms with van der Waals surface area (Å²) >= 11 is 0. The van der Waals surface area contributed by atoms with Crippen LogP contribution in [-0.4, -0.2) is 54.2 Å². The van der Waals surface area contributed by atoms with Crippen molar-refractivity contribution in [2.45, 2.75) is 38.5 Å². The van der Waals surface area contributed by atoms with Crippen molar-refractivity contribution >= 4 is 18.0 Å². The van der Waals surface area contributed by atoms with E-state index in [1.807, 2.05) is 31.2 Å². The highest BCUT2D eigenvalue weighted by atomic mass is 16.5. The molecule has 2 aromatic carbocycles. The fourth-order valence-electron chi connectivity index (χ4n) is 6.33. The van der Waals surface area contributed by atoms with Gasteiger partial charge in [-0.2, -0.15) is 0 Å². The van der Waals surface area contributed by atoms with Crippen molar-refractivity contribution in [3.8, 4) is 11.1 Å². The lowest BCUT2D eigenvalue weighted by molar-refractivity contribution is -0.149. The van der Waals surface area contributed by atoms with Gasteiger partial charge in [0.05, 0.1) is 11.3 Å². The van der Waals surface area contributed by atoms with E-state index in [9.17, 15) is 19.5 Å². The number of aliphatic carboxylic acids is 1. The highest BCUT2D eigenvalue weighted by Gasteiger charge is 2.56. The summed E-state index contributed by atoms with van der Waals surface area (Å²) in [5.41, 5.74) is 3.84. The molecule has 1 saturated heterocycles. The van der Waals surface area contributed by atoms with Gasteiger partial charge in [0.15, 0.2) is 0 Å². The maximum absolute atomic E-state index is 13.2. The van der Waals surface area contributed by atoms with Gasteiger partial charge in [-0.25, -0.2) is 4.79 Å². The van der Waals surface area contributed by atoms with E-state index in [2.05, 4.69) is 29.6 Å². The zero-order valence-corrected chi connectivity index (χ0v) is 20.0. The van der Waals surface area contributed by atoms with Crippen LogP contribution in [0, 0.1) is 17.3 Å². The molecule has 2 aliphatic carbocycles. The highest BCUT2D eigenvalue weighted by molar-refractivity contribution is 5.83. The Labute approximate surface area is 205 Å². The molecule has 7 nitrogen and oxygen atoms in total. The standard InChI is InChI=1S/C28H32N2O5/c1-2-18(25(31)30-15-19-8-7-13-28(19,17-30)26(32)33)14-29-27(34)35-16-24-22-11-5-3-9-20(22)21-10-4-6-12-23(21)24/h3-6,9-12,18-19,24H,2,7-8,13-17H2,1H3,(H,29,34)(H,32,33)/t18?,19-,28-/m1/s1. The second-order valence-corrected chi connectivity index (χ2v) is 10.1. The number of ether oxygens (including phenoxy) is 1. The Morgan fingerprint density at radius 3 is 2.37 bits per heavy atom. The molecule has 2 fully saturated rings. The van der Waals surface area contributed by atoms with Crippen LogP contribution in [0.25, 0.3) is 11.1 Å². The van der Waals surface area contributed by atoms with Gasteiger partial charge in [0.1, 0.15) is 6.61 Å². The van der Waals surface area contributed by atoms with Crippen molar-refractivity contribution < 1.29 is 24.2 Å². The average Bonchev–Trinajstić information content (AvgIpc) is 3.53. The van der Waals surface area contributed by atoms with Crippen LogP contribution in [0.5, 0.6) is 0 Å². The lowest BCUT2D eigenvalue weighted by Crippen LogP contribution is -2.42. The third-order valence-electron chi connectivity index (χ3n) is 8.29. The van der Waals surface area contributed by atoms with Crippen molar-refractivity contribution in [1.29, 1.82) is 0 Å². The molecular weight excluding hydrogens is 444 g/mol. The van der Waals surface area contributed by atoms with Crippen LogP contribution in [0.1, 0.15) is 49.7 Å². The lowest BCUT2D eigenvalue weighted by atomic mass is 9.81. The Bertz CT molecular complexity index is 1100. The molecule has 1 saturated carbocycles. The molecule has 3 aliphatic rings. The predicted molar refractivity (Wildman–Crippen MR) is 131 cm³/mol. The van der Waals surface area contributed by atoms with Crippen molar-refractivity contribution in [2.75, 3.05) is 26.2 Å². The summed E-state index contributed by atoms with van der Waals surface area (Å²) in [5.74, 6) is -1.27. The first-order chi connectivity index (χ1) is 16.9. The van der Waals surface area contributed by atoms with Crippen LogP contribution >= 0.6 is 0 Å². The molecule has 0 bridgehead atoms. The molecule has 184 valence electrons. The van der Waals surface area contributed by atoms with Crippen LogP contribution in [0.3, 0.4) is 0 Å². The molecule has 0 radical (unpaired) electrons. The second-order valence-electron chi connectivity index (χ2n) is 10.1. The predicted octanol–water partition coefficient (Wildman–Crippen LogP) is 4.26. The van der Waals surface area contributed by atoms with Crippen molar-refractivity contribution in [1.82, 2.24) is 10.2 Å². The van der Waals surface area contributed by atoms with Crippen molar-refractivity contribution in [2.24, 2.45) is 17.3 Å². The van der Waals surface area contributed by atoms with Crippen LogP contribution in [0.4, 0.5) is 4.79 Å². The van der Waals surface area contributed by atoms with Gasteiger partial charge in [0.25, 0.3) is 0 Å². The number of benzene rings is 2. The molecule has 3 atom stereocenters. The number of nitrogens with zero attached hydrogens (tertiary/aromatic N) is 1. The maximum atomic E-state index is 13.2. The SMILES string of the molecule is CCC(CNC(=O)OCC1c2ccccc2-c2ccccc21)C(=O)N1C[C@H]2CCC[C@@]2(C(=O)O)C1. The molecule has 2 amide bonds. The molecule has 2 aromatic rings. The van der Waals surface area contributed by atoms with Gasteiger partial charge < -0.3 is 20.1 Å². The van der Waals surface area contributed by atoms with Gasteiger partial charge in [0.2, 0.25) is 5.91 Å². The first-order valence-electron chi connectivity index (χ1n) is 12.6. The monoisotopic (exact) mass is 476 g/mol. The summed E-state index contributed by atoms with van der Waals surface area (Å²) in [4.78, 5) is 39.4. The smallest absolute Gasteiger partial charge is 0.407 e. The zero-order valence-electron chi connectivity index (χ0n) is 20.0. The number of nitrogens with one attached hydrogen (secondary N) is 1. The quantitative estimate of drug-likeness (QED) is 0.622. The Morgan fingerprint density at radius 1 is 1.11 bits per heavy atom. The zero-order chi connectivity index (χ0) is 24.6. The van der Waals surface area contributed by atoms with Crippen LogP contribution < -0.4 is 5.32 Å². The number of carbonyl (C=O) groups excluding carboxylic acids is 2. The first-order valence-corrected chi connectivity index (χ1v) is 12.6. The van der Waals surface area contributed by atoms with Crippen LogP contribution in [0.15, 0.2) is 48.5 Å². The highest BCUT2D eigenvalue weighted by Crippen LogP contribution is 2.49. The summed E-state index contributed by atoms with van der Waals surface area (Å²) in [6, 6.07) is 16.3. The lowest BCUT2D eigenvalue weighted by Gasteiger charge is -2.26. The largest absolute Gasteiger partial charge is 0.481 e. The number of fused-ring (bicyclic) bond motifs is 4. The molecular formula is C28H32N2O5. The number of amides is 2. The van der Waals surface area contributed by atoms with Gasteiger partial charge in [-0.05, 0) is 47.4 Å². The Balaban J connectivity index is 1.17. The number of carbonyl (C=O) groups is 3. The number of rotatable bonds is 7. The van der Waals surface area contributed by atoms with E-state index in [0.29, 0.717) is 19.4 Å². The van der Waals surface area contributed by atoms with Gasteiger partial charge in [-0.15, -0.1) is 0 Å². The Morgan fingerprint density at radius 2 is 1.77 bits per heavy atom. The van der Waals surface area contributed by atoms with Gasteiger partial charge in [-0.1, -0.05) is 61.9 Å². The fraction of sp³-hybridized carbons (Fsp3) is 0.464. The van der Waals surface area contributed by atoms with Crippen LogP contribution in [-0.2, 0) is 14.3 Å². The third-order valence-corrected chi connectivity index (χ3v) is 8.29. The summed E-state index contributed by atoms with van der Waals surface area (Å²) < 4.78 is 5.60. The van der Waals surface area contributed by atoms with E-state index in [1.165, 1.54) is 11.1 Å². The summed E-state index contributed by atoms with van der Waals surface area (Å²) in [6.45, 7) is 3.07. The van der Waals surface area contributed by atoms with E-state index in [4.69, 9.17) is 4.74 Å². The van der Waals surface area contributed by atoms with E-state index in [0.717, 1.165) is 24.0 Å². The van der Waals surface area contributed by atoms with E-state index >= 15 is 0 Å². The second kappa shape index (κ2) is 9.36. The molecule has 1 unspecified atom stereocenters. The number of hydrogen-bond acceptors (Lipinski definition) is 4. The molecule has 35 heavy (non-hydrogen) atoms. The number of likely N-dealkylation sites (tertiary alicyclic amines) is 1. The number of alkyl carbamates (subject to hydrolysis) is 1. The van der Waals surface area contributed by atoms with Gasteiger partial charge in [0, 0.05) is 25.6 Å². The van der Waals surface area contributed by atoms with Crippen molar-refractivity contribution in [3.63, 3.8) is 0 Å². The first kappa shape index (κ1) is 23.4. The number of carboxylic acids is 1. The van der Waals surface area contributed by atoms with Crippen LogP contribution in [0.2, 0.25) is 0 Å². The molecule has 0 aromatic heterocycles. The fourth-order valence-corrected chi connectivity index (χ4v) is 6.33. The normalized spacial score (nSPS) is 23.3. The minimum atomic E-state index is -0.797. The maximum Gasteiger partial charge on any atom is 0.407 e. The summed E-state index contributed by atoms with van der Waals surface area (Å²) in [5, 5.41) is 12.6. The molecule has 1 heterocycles. The topological polar surface area (TPSA) is 95.9 Å². The summed E-state index contributed by atoms with van der Waals surface area (Å²) in [7, 11) is 0. The summed E-state index contributed by atoms with van der Waals surface area (Å²) in [6.07, 6.45) is 2.40. The minimum absolute atomic E-state index is 0.0204. The average molecular weight is 477 g/mol. The molecule has 2 N–H and O–H groups in total. The Kier molecular flexibility index (Phi) is 6.26. The van der Waals surface area contributed by atoms with E-state index in [1.54, 1.807) is 4.90 Å².